The SMILES string of the molecule is CC(C)(C)c1ccc(-c2noc(CN3CCCC(C(=O)NCCSCc4ccc(Cl)c(Cl)c4)C3)n2)cc1. The number of amides is 1. The number of likely N-dealkylation sites (tertiary alicyclic amines) is 1. The minimum absolute atomic E-state index is 0.0267. The van der Waals surface area contributed by atoms with Crippen LogP contribution in [0, 0.1) is 5.92 Å². The molecule has 1 amide bonds. The summed E-state index contributed by atoms with van der Waals surface area (Å²) in [5.41, 5.74) is 3.43. The van der Waals surface area contributed by atoms with Crippen molar-refractivity contribution in [1.82, 2.24) is 20.4 Å². The average molecular weight is 562 g/mol. The molecule has 0 saturated carbocycles. The summed E-state index contributed by atoms with van der Waals surface area (Å²) in [6.07, 6.45) is 1.87. The number of nitrogens with zero attached hydrogens (tertiary/aromatic N) is 3. The Morgan fingerprint density at radius 2 is 1.95 bits per heavy atom. The molecule has 0 spiro atoms. The van der Waals surface area contributed by atoms with Crippen LogP contribution < -0.4 is 5.32 Å². The molecule has 2 heterocycles. The van der Waals surface area contributed by atoms with E-state index in [1.807, 2.05) is 30.3 Å². The van der Waals surface area contributed by atoms with Gasteiger partial charge in [-0.1, -0.05) is 79.5 Å². The van der Waals surface area contributed by atoms with E-state index in [0.717, 1.165) is 42.0 Å². The number of halogens is 2. The third-order valence-electron chi connectivity index (χ3n) is 6.51. The van der Waals surface area contributed by atoms with E-state index in [-0.39, 0.29) is 17.2 Å². The van der Waals surface area contributed by atoms with Gasteiger partial charge < -0.3 is 9.84 Å². The van der Waals surface area contributed by atoms with Crippen LogP contribution in [-0.2, 0) is 22.5 Å². The van der Waals surface area contributed by atoms with E-state index >= 15 is 0 Å². The maximum absolute atomic E-state index is 12.8. The number of thioether (sulfide) groups is 1. The zero-order valence-corrected chi connectivity index (χ0v) is 23.9. The standard InChI is InChI=1S/C28H34Cl2N4O2S/c1-28(2,3)22-9-7-20(8-10-22)26-32-25(36-33-26)17-34-13-4-5-21(16-34)27(35)31-12-14-37-18-19-6-11-23(29)24(30)15-19/h6-11,15,21H,4-5,12-14,16-18H2,1-3H3,(H,31,35). The highest BCUT2D eigenvalue weighted by Gasteiger charge is 2.27. The second-order valence-corrected chi connectivity index (χ2v) is 12.4. The summed E-state index contributed by atoms with van der Waals surface area (Å²) in [7, 11) is 0. The molecule has 198 valence electrons. The van der Waals surface area contributed by atoms with E-state index in [0.29, 0.717) is 41.4 Å². The summed E-state index contributed by atoms with van der Waals surface area (Å²) in [4.78, 5) is 19.6. The maximum Gasteiger partial charge on any atom is 0.241 e. The van der Waals surface area contributed by atoms with Gasteiger partial charge in [0.15, 0.2) is 0 Å². The van der Waals surface area contributed by atoms with E-state index in [4.69, 9.17) is 27.7 Å². The molecule has 1 N–H and O–H groups in total. The number of piperidine rings is 1. The highest BCUT2D eigenvalue weighted by molar-refractivity contribution is 7.98. The van der Waals surface area contributed by atoms with Gasteiger partial charge in [-0.05, 0) is 48.1 Å². The highest BCUT2D eigenvalue weighted by Crippen LogP contribution is 2.26. The Balaban J connectivity index is 1.21. The zero-order chi connectivity index (χ0) is 26.4. The second-order valence-electron chi connectivity index (χ2n) is 10.5. The Labute approximate surface area is 233 Å². The number of rotatable bonds is 9. The lowest BCUT2D eigenvalue weighted by molar-refractivity contribution is -0.126. The van der Waals surface area contributed by atoms with Gasteiger partial charge in [0, 0.05) is 30.2 Å². The summed E-state index contributed by atoms with van der Waals surface area (Å²) in [6.45, 7) is 9.39. The molecule has 1 aliphatic heterocycles. The lowest BCUT2D eigenvalue weighted by Gasteiger charge is -2.30. The van der Waals surface area contributed by atoms with Crippen LogP contribution >= 0.6 is 35.0 Å². The second kappa shape index (κ2) is 12.7. The molecule has 0 aliphatic carbocycles. The number of nitrogens with one attached hydrogen (secondary N) is 1. The van der Waals surface area contributed by atoms with E-state index in [9.17, 15) is 4.79 Å². The third kappa shape index (κ3) is 7.96. The summed E-state index contributed by atoms with van der Waals surface area (Å²) < 4.78 is 5.54. The smallest absolute Gasteiger partial charge is 0.241 e. The average Bonchev–Trinajstić information content (AvgIpc) is 3.34. The number of aromatic nitrogens is 2. The first-order chi connectivity index (χ1) is 17.7. The Morgan fingerprint density at radius 3 is 2.68 bits per heavy atom. The van der Waals surface area contributed by atoms with Gasteiger partial charge in [-0.15, -0.1) is 0 Å². The first-order valence-corrected chi connectivity index (χ1v) is 14.6. The van der Waals surface area contributed by atoms with Crippen LogP contribution in [-0.4, -0.2) is 46.3 Å². The van der Waals surface area contributed by atoms with Crippen molar-refractivity contribution in [3.63, 3.8) is 0 Å². The zero-order valence-electron chi connectivity index (χ0n) is 21.6. The van der Waals surface area contributed by atoms with Crippen LogP contribution in [0.3, 0.4) is 0 Å². The Kier molecular flexibility index (Phi) is 9.57. The number of benzene rings is 2. The van der Waals surface area contributed by atoms with E-state index in [1.54, 1.807) is 11.8 Å². The minimum atomic E-state index is -0.0267. The van der Waals surface area contributed by atoms with Gasteiger partial charge in [-0.3, -0.25) is 9.69 Å². The largest absolute Gasteiger partial charge is 0.355 e. The van der Waals surface area contributed by atoms with Gasteiger partial charge in [0.05, 0.1) is 22.5 Å². The van der Waals surface area contributed by atoms with Gasteiger partial charge >= 0.3 is 0 Å². The lowest BCUT2D eigenvalue weighted by Crippen LogP contribution is -2.43. The van der Waals surface area contributed by atoms with Crippen LogP contribution in [0.25, 0.3) is 11.4 Å². The van der Waals surface area contributed by atoms with Crippen molar-refractivity contribution in [2.75, 3.05) is 25.4 Å². The first-order valence-electron chi connectivity index (χ1n) is 12.6. The number of carbonyl (C=O) groups is 1. The van der Waals surface area contributed by atoms with Crippen molar-refractivity contribution in [2.24, 2.45) is 5.92 Å². The van der Waals surface area contributed by atoms with Crippen LogP contribution in [0.5, 0.6) is 0 Å². The quantitative estimate of drug-likeness (QED) is 0.297. The molecule has 1 aliphatic rings. The van der Waals surface area contributed by atoms with Crippen LogP contribution in [0.4, 0.5) is 0 Å². The number of hydrogen-bond donors (Lipinski definition) is 1. The first kappa shape index (κ1) is 28.0. The van der Waals surface area contributed by atoms with Crippen molar-refractivity contribution >= 4 is 40.9 Å². The van der Waals surface area contributed by atoms with E-state index < -0.39 is 0 Å². The van der Waals surface area contributed by atoms with Crippen molar-refractivity contribution in [1.29, 1.82) is 0 Å². The molecule has 2 aromatic carbocycles. The summed E-state index contributed by atoms with van der Waals surface area (Å²) in [6, 6.07) is 14.0. The molecule has 9 heteroatoms. The lowest BCUT2D eigenvalue weighted by atomic mass is 9.87. The van der Waals surface area contributed by atoms with E-state index in [1.165, 1.54) is 5.56 Å². The van der Waals surface area contributed by atoms with Gasteiger partial charge in [0.2, 0.25) is 17.6 Å². The van der Waals surface area contributed by atoms with Crippen molar-refractivity contribution < 1.29 is 9.32 Å². The monoisotopic (exact) mass is 560 g/mol. The van der Waals surface area contributed by atoms with Crippen molar-refractivity contribution in [3.05, 3.63) is 69.5 Å². The predicted octanol–water partition coefficient (Wildman–Crippen LogP) is 6.60. The molecule has 6 nitrogen and oxygen atoms in total. The molecular formula is C28H34Cl2N4O2S. The molecule has 0 radical (unpaired) electrons. The fourth-order valence-electron chi connectivity index (χ4n) is 4.37. The molecule has 1 saturated heterocycles. The molecule has 1 atom stereocenters. The molecule has 4 rings (SSSR count). The summed E-state index contributed by atoms with van der Waals surface area (Å²) in [5, 5.41) is 8.41. The molecule has 37 heavy (non-hydrogen) atoms. The van der Waals surface area contributed by atoms with E-state index in [2.05, 4.69) is 53.3 Å². The van der Waals surface area contributed by atoms with Gasteiger partial charge in [-0.2, -0.15) is 16.7 Å². The third-order valence-corrected chi connectivity index (χ3v) is 8.28. The molecule has 1 unspecified atom stereocenters. The fourth-order valence-corrected chi connectivity index (χ4v) is 5.50. The number of hydrogen-bond acceptors (Lipinski definition) is 6. The van der Waals surface area contributed by atoms with Crippen LogP contribution in [0.15, 0.2) is 47.0 Å². The van der Waals surface area contributed by atoms with Crippen LogP contribution in [0.1, 0.15) is 50.6 Å². The normalized spacial score (nSPS) is 16.6. The van der Waals surface area contributed by atoms with Gasteiger partial charge in [0.25, 0.3) is 0 Å². The fraction of sp³-hybridized carbons (Fsp3) is 0.464. The van der Waals surface area contributed by atoms with Gasteiger partial charge in [-0.25, -0.2) is 0 Å². The van der Waals surface area contributed by atoms with Crippen molar-refractivity contribution in [2.45, 2.75) is 51.3 Å². The van der Waals surface area contributed by atoms with Crippen molar-refractivity contribution in [3.8, 4) is 11.4 Å². The molecule has 1 aromatic heterocycles. The Morgan fingerprint density at radius 1 is 1.16 bits per heavy atom. The predicted molar refractivity (Wildman–Crippen MR) is 152 cm³/mol. The van der Waals surface area contributed by atoms with Gasteiger partial charge in [0.1, 0.15) is 0 Å². The molecular weight excluding hydrogens is 527 g/mol. The Bertz CT molecular complexity index is 1190. The molecule has 0 bridgehead atoms. The summed E-state index contributed by atoms with van der Waals surface area (Å²) in [5.74, 6) is 2.93. The highest BCUT2D eigenvalue weighted by atomic mass is 35.5. The van der Waals surface area contributed by atoms with Crippen LogP contribution in [0.2, 0.25) is 10.0 Å². The molecule has 1 fully saturated rings. The molecule has 3 aromatic rings. The summed E-state index contributed by atoms with van der Waals surface area (Å²) >= 11 is 13.8. The topological polar surface area (TPSA) is 71.3 Å². The Hall–Kier alpha value is -2.06. The maximum atomic E-state index is 12.8. The minimum Gasteiger partial charge on any atom is -0.355 e. The number of carbonyl (C=O) groups excluding carboxylic acids is 1.